The number of hydrogen-bond acceptors (Lipinski definition) is 1. The van der Waals surface area contributed by atoms with Gasteiger partial charge in [-0.2, -0.15) is 0 Å². The molecule has 0 aliphatic carbocycles. The number of rotatable bonds is 4. The number of benzene rings is 2. The van der Waals surface area contributed by atoms with Crippen molar-refractivity contribution in [2.45, 2.75) is 22.6 Å². The summed E-state index contributed by atoms with van der Waals surface area (Å²) in [5, 5.41) is 0. The molecule has 0 nitrogen and oxygen atoms in total. The molecule has 2 rings (SSSR count). The van der Waals surface area contributed by atoms with Crippen LogP contribution in [0.2, 0.25) is 0 Å². The predicted molar refractivity (Wildman–Crippen MR) is 66.9 cm³/mol. The molecule has 2 aromatic carbocycles. The number of halogens is 4. The summed E-state index contributed by atoms with van der Waals surface area (Å²) in [5.41, 5.74) is -0.0604. The molecule has 0 aromatic heterocycles. The lowest BCUT2D eigenvalue weighted by molar-refractivity contribution is 0.151. The van der Waals surface area contributed by atoms with Crippen LogP contribution < -0.4 is 0 Å². The van der Waals surface area contributed by atoms with Gasteiger partial charge in [-0.05, 0) is 24.3 Å². The van der Waals surface area contributed by atoms with E-state index < -0.39 is 12.9 Å². The summed E-state index contributed by atoms with van der Waals surface area (Å²) >= 11 is 1.34. The molecular weight excluding hydrogens is 276 g/mol. The highest BCUT2D eigenvalue weighted by Gasteiger charge is 2.08. The van der Waals surface area contributed by atoms with Crippen LogP contribution in [0.5, 0.6) is 0 Å². The van der Waals surface area contributed by atoms with Gasteiger partial charge in [0.15, 0.2) is 0 Å². The molecule has 0 saturated heterocycles. The first-order chi connectivity index (χ1) is 9.06. The lowest BCUT2D eigenvalue weighted by atomic mass is 10.2. The topological polar surface area (TPSA) is 0 Å². The Kier molecular flexibility index (Phi) is 4.47. The first-order valence-electron chi connectivity index (χ1n) is 5.50. The Morgan fingerprint density at radius 1 is 0.579 bits per heavy atom. The third-order valence-corrected chi connectivity index (χ3v) is 3.52. The predicted octanol–water partition coefficient (Wildman–Crippen LogP) is 5.71. The quantitative estimate of drug-likeness (QED) is 0.648. The molecule has 0 unspecified atom stereocenters. The fraction of sp³-hybridized carbons (Fsp3) is 0.143. The molecule has 100 valence electrons. The van der Waals surface area contributed by atoms with E-state index in [9.17, 15) is 17.6 Å². The highest BCUT2D eigenvalue weighted by Crippen LogP contribution is 2.30. The van der Waals surface area contributed by atoms with Crippen LogP contribution in [-0.4, -0.2) is 0 Å². The SMILES string of the molecule is FC(F)c1ccc(Sc2ccc(C(F)F)cc2)cc1. The second kappa shape index (κ2) is 6.10. The molecule has 0 saturated carbocycles. The molecule has 0 atom stereocenters. The van der Waals surface area contributed by atoms with Crippen molar-refractivity contribution in [3.8, 4) is 0 Å². The fourth-order valence-corrected chi connectivity index (χ4v) is 2.32. The Bertz CT molecular complexity index is 471. The third kappa shape index (κ3) is 3.73. The van der Waals surface area contributed by atoms with E-state index in [4.69, 9.17) is 0 Å². The average Bonchev–Trinajstić information content (AvgIpc) is 2.40. The standard InChI is InChI=1S/C14H10F4S/c15-13(16)9-1-5-11(6-2-9)19-12-7-3-10(4-8-12)14(17)18/h1-8,13-14H. The summed E-state index contributed by atoms with van der Waals surface area (Å²) in [6.07, 6.45) is -4.96. The first-order valence-corrected chi connectivity index (χ1v) is 6.32. The lowest BCUT2D eigenvalue weighted by Gasteiger charge is -2.05. The summed E-state index contributed by atoms with van der Waals surface area (Å²) in [4.78, 5) is 1.57. The van der Waals surface area contributed by atoms with Crippen molar-refractivity contribution in [2.75, 3.05) is 0 Å². The summed E-state index contributed by atoms with van der Waals surface area (Å²) in [5.74, 6) is 0. The monoisotopic (exact) mass is 286 g/mol. The summed E-state index contributed by atoms with van der Waals surface area (Å²) in [6, 6.07) is 11.8. The lowest BCUT2D eigenvalue weighted by Crippen LogP contribution is -1.84. The van der Waals surface area contributed by atoms with Gasteiger partial charge in [0.2, 0.25) is 0 Å². The fourth-order valence-electron chi connectivity index (χ4n) is 1.50. The third-order valence-electron chi connectivity index (χ3n) is 2.50. The van der Waals surface area contributed by atoms with Crippen molar-refractivity contribution >= 4 is 11.8 Å². The smallest absolute Gasteiger partial charge is 0.205 e. The van der Waals surface area contributed by atoms with Crippen LogP contribution in [-0.2, 0) is 0 Å². The van der Waals surface area contributed by atoms with Crippen molar-refractivity contribution in [3.05, 3.63) is 59.7 Å². The largest absolute Gasteiger partial charge is 0.263 e. The van der Waals surface area contributed by atoms with E-state index in [1.54, 1.807) is 24.3 Å². The van der Waals surface area contributed by atoms with Crippen LogP contribution in [0.1, 0.15) is 24.0 Å². The van der Waals surface area contributed by atoms with Gasteiger partial charge in [-0.15, -0.1) is 0 Å². The van der Waals surface area contributed by atoms with Crippen LogP contribution in [0.15, 0.2) is 58.3 Å². The van der Waals surface area contributed by atoms with E-state index in [2.05, 4.69) is 0 Å². The van der Waals surface area contributed by atoms with Gasteiger partial charge in [0.1, 0.15) is 0 Å². The summed E-state index contributed by atoms with van der Waals surface area (Å²) in [6.45, 7) is 0. The molecule has 0 fully saturated rings. The number of hydrogen-bond donors (Lipinski definition) is 0. The maximum atomic E-state index is 12.4. The maximum Gasteiger partial charge on any atom is 0.263 e. The molecular formula is C14H10F4S. The van der Waals surface area contributed by atoms with Gasteiger partial charge in [0.05, 0.1) is 0 Å². The molecule has 0 amide bonds. The average molecular weight is 286 g/mol. The molecule has 0 aliphatic rings. The Labute approximate surface area is 112 Å². The van der Waals surface area contributed by atoms with Gasteiger partial charge in [0.25, 0.3) is 12.9 Å². The van der Waals surface area contributed by atoms with E-state index in [0.29, 0.717) is 0 Å². The van der Waals surface area contributed by atoms with E-state index in [0.717, 1.165) is 9.79 Å². The first kappa shape index (κ1) is 13.9. The van der Waals surface area contributed by atoms with Crippen molar-refractivity contribution in [1.29, 1.82) is 0 Å². The van der Waals surface area contributed by atoms with Crippen LogP contribution in [0.25, 0.3) is 0 Å². The zero-order chi connectivity index (χ0) is 13.8. The van der Waals surface area contributed by atoms with Crippen molar-refractivity contribution in [1.82, 2.24) is 0 Å². The molecule has 0 bridgehead atoms. The normalized spacial score (nSPS) is 11.3. The van der Waals surface area contributed by atoms with Gasteiger partial charge >= 0.3 is 0 Å². The number of alkyl halides is 4. The maximum absolute atomic E-state index is 12.4. The zero-order valence-corrected chi connectivity index (χ0v) is 10.5. The van der Waals surface area contributed by atoms with Gasteiger partial charge in [-0.3, -0.25) is 0 Å². The minimum absolute atomic E-state index is 0.0302. The van der Waals surface area contributed by atoms with Crippen LogP contribution >= 0.6 is 11.8 Å². The van der Waals surface area contributed by atoms with Gasteiger partial charge in [-0.1, -0.05) is 36.0 Å². The Hall–Kier alpha value is -1.49. The minimum atomic E-state index is -2.48. The van der Waals surface area contributed by atoms with E-state index in [-0.39, 0.29) is 11.1 Å². The molecule has 0 spiro atoms. The highest BCUT2D eigenvalue weighted by atomic mass is 32.2. The van der Waals surface area contributed by atoms with E-state index >= 15 is 0 Å². The molecule has 19 heavy (non-hydrogen) atoms. The summed E-state index contributed by atoms with van der Waals surface area (Å²) < 4.78 is 49.5. The highest BCUT2D eigenvalue weighted by molar-refractivity contribution is 7.99. The van der Waals surface area contributed by atoms with Gasteiger partial charge < -0.3 is 0 Å². The van der Waals surface area contributed by atoms with E-state index in [1.807, 2.05) is 0 Å². The van der Waals surface area contributed by atoms with Crippen LogP contribution in [0.3, 0.4) is 0 Å². The Balaban J connectivity index is 2.08. The molecule has 5 heteroatoms. The Morgan fingerprint density at radius 3 is 1.16 bits per heavy atom. The van der Waals surface area contributed by atoms with Gasteiger partial charge in [-0.25, -0.2) is 17.6 Å². The second-order valence-corrected chi connectivity index (χ2v) is 4.99. The molecule has 0 radical (unpaired) electrons. The minimum Gasteiger partial charge on any atom is -0.205 e. The molecule has 2 aromatic rings. The molecule has 0 N–H and O–H groups in total. The Morgan fingerprint density at radius 2 is 0.895 bits per heavy atom. The van der Waals surface area contributed by atoms with Crippen molar-refractivity contribution in [3.63, 3.8) is 0 Å². The summed E-state index contributed by atoms with van der Waals surface area (Å²) in [7, 11) is 0. The van der Waals surface area contributed by atoms with Crippen LogP contribution in [0, 0.1) is 0 Å². The second-order valence-electron chi connectivity index (χ2n) is 3.84. The van der Waals surface area contributed by atoms with Crippen molar-refractivity contribution < 1.29 is 17.6 Å². The molecule has 0 aliphatic heterocycles. The van der Waals surface area contributed by atoms with Crippen LogP contribution in [0.4, 0.5) is 17.6 Å². The van der Waals surface area contributed by atoms with Gasteiger partial charge in [0, 0.05) is 20.9 Å². The zero-order valence-electron chi connectivity index (χ0n) is 9.69. The van der Waals surface area contributed by atoms with Crippen molar-refractivity contribution in [2.24, 2.45) is 0 Å². The molecule has 0 heterocycles. The van der Waals surface area contributed by atoms with E-state index in [1.165, 1.54) is 36.0 Å².